The van der Waals surface area contributed by atoms with Crippen LogP contribution in [0.2, 0.25) is 0 Å². The Bertz CT molecular complexity index is 1030. The van der Waals surface area contributed by atoms with Gasteiger partial charge in [-0.05, 0) is 30.4 Å². The fourth-order valence-corrected chi connectivity index (χ4v) is 3.63. The Morgan fingerprint density at radius 1 is 1.04 bits per heavy atom. The summed E-state index contributed by atoms with van der Waals surface area (Å²) in [5.74, 6) is 0.834. The predicted octanol–water partition coefficient (Wildman–Crippen LogP) is 3.84. The molecule has 1 atom stereocenters. The van der Waals surface area contributed by atoms with Crippen LogP contribution in [0.5, 0.6) is 0 Å². The Hall–Kier alpha value is -3.21. The molecule has 5 nitrogen and oxygen atoms in total. The monoisotopic (exact) mass is 331 g/mol. The van der Waals surface area contributed by atoms with Crippen molar-refractivity contribution in [2.45, 2.75) is 5.54 Å². The lowest BCUT2D eigenvalue weighted by Gasteiger charge is -2.43. The smallest absolute Gasteiger partial charge is 0.324 e. The molecule has 2 amide bonds. The molecule has 0 N–H and O–H groups in total. The quantitative estimate of drug-likeness (QED) is 0.736. The molecule has 0 aliphatic carbocycles. The van der Waals surface area contributed by atoms with E-state index in [2.05, 4.69) is 18.2 Å². The fourth-order valence-electron chi connectivity index (χ4n) is 3.63. The highest BCUT2D eigenvalue weighted by Crippen LogP contribution is 2.41. The zero-order chi connectivity index (χ0) is 17.2. The van der Waals surface area contributed by atoms with Crippen LogP contribution in [0.1, 0.15) is 11.3 Å². The maximum absolute atomic E-state index is 12.4. The van der Waals surface area contributed by atoms with Gasteiger partial charge in [0, 0.05) is 43.6 Å². The average molecular weight is 331 g/mol. The Labute approximate surface area is 145 Å². The SMILES string of the molecule is CN1C=CC2(C=CN3C=Cc4c(oc5ccccc45)C3=C2)N(C)C1=O. The molecule has 1 aromatic carbocycles. The Kier molecular flexibility index (Phi) is 2.64. The summed E-state index contributed by atoms with van der Waals surface area (Å²) in [5.41, 5.74) is 2.31. The number of carbonyl (C=O) groups is 1. The minimum absolute atomic E-state index is 0.0476. The van der Waals surface area contributed by atoms with Crippen LogP contribution in [0.4, 0.5) is 4.79 Å². The van der Waals surface area contributed by atoms with Crippen LogP contribution in [0.3, 0.4) is 0 Å². The molecule has 5 rings (SSSR count). The van der Waals surface area contributed by atoms with Gasteiger partial charge in [-0.3, -0.25) is 0 Å². The zero-order valence-corrected chi connectivity index (χ0v) is 14.0. The number of benzene rings is 1. The standard InChI is InChI=1S/C20H17N3O2/c1-21-11-8-20(22(2)19(21)24)9-12-23-10-7-15-14-5-3-4-6-17(14)25-18(15)16(23)13-20/h3-13H,1-2H3. The minimum Gasteiger partial charge on any atom is -0.454 e. The molecule has 0 fully saturated rings. The number of fused-ring (bicyclic) bond motifs is 5. The Morgan fingerprint density at radius 3 is 2.72 bits per heavy atom. The summed E-state index contributed by atoms with van der Waals surface area (Å²) in [4.78, 5) is 17.8. The third-order valence-electron chi connectivity index (χ3n) is 5.15. The van der Waals surface area contributed by atoms with E-state index >= 15 is 0 Å². The molecule has 124 valence electrons. The van der Waals surface area contributed by atoms with Crippen molar-refractivity contribution in [2.24, 2.45) is 0 Å². The number of urea groups is 1. The summed E-state index contributed by atoms with van der Waals surface area (Å²) < 4.78 is 6.14. The first kappa shape index (κ1) is 14.2. The molecule has 3 aliphatic rings. The first-order valence-electron chi connectivity index (χ1n) is 8.20. The number of hydrogen-bond donors (Lipinski definition) is 0. The van der Waals surface area contributed by atoms with Crippen molar-refractivity contribution in [1.29, 1.82) is 0 Å². The second kappa shape index (κ2) is 4.66. The van der Waals surface area contributed by atoms with Gasteiger partial charge in [0.2, 0.25) is 0 Å². The van der Waals surface area contributed by atoms with Crippen LogP contribution >= 0.6 is 0 Å². The second-order valence-corrected chi connectivity index (χ2v) is 6.56. The number of nitrogens with zero attached hydrogens (tertiary/aromatic N) is 3. The molecular weight excluding hydrogens is 314 g/mol. The van der Waals surface area contributed by atoms with Gasteiger partial charge in [0.25, 0.3) is 0 Å². The fraction of sp³-hybridized carbons (Fsp3) is 0.150. The molecule has 0 radical (unpaired) electrons. The molecule has 1 spiro atoms. The zero-order valence-electron chi connectivity index (χ0n) is 14.0. The molecular formula is C20H17N3O2. The number of rotatable bonds is 0. The van der Waals surface area contributed by atoms with E-state index in [9.17, 15) is 4.79 Å². The Morgan fingerprint density at radius 2 is 1.84 bits per heavy atom. The molecule has 25 heavy (non-hydrogen) atoms. The van der Waals surface area contributed by atoms with Crippen molar-refractivity contribution in [3.05, 3.63) is 72.4 Å². The van der Waals surface area contributed by atoms with E-state index in [1.165, 1.54) is 0 Å². The van der Waals surface area contributed by atoms with Crippen molar-refractivity contribution >= 4 is 28.8 Å². The summed E-state index contributed by atoms with van der Waals surface area (Å²) >= 11 is 0. The topological polar surface area (TPSA) is 39.9 Å². The lowest BCUT2D eigenvalue weighted by Crippen LogP contribution is -2.53. The molecule has 2 aromatic rings. The second-order valence-electron chi connectivity index (χ2n) is 6.56. The number of carbonyl (C=O) groups excluding carboxylic acids is 1. The van der Waals surface area contributed by atoms with E-state index in [-0.39, 0.29) is 6.03 Å². The van der Waals surface area contributed by atoms with Crippen LogP contribution in [0.25, 0.3) is 22.7 Å². The van der Waals surface area contributed by atoms with Gasteiger partial charge >= 0.3 is 6.03 Å². The number of furan rings is 1. The highest BCUT2D eigenvalue weighted by Gasteiger charge is 2.39. The maximum Gasteiger partial charge on any atom is 0.324 e. The molecule has 1 aromatic heterocycles. The lowest BCUT2D eigenvalue weighted by molar-refractivity contribution is 0.163. The largest absolute Gasteiger partial charge is 0.454 e. The van der Waals surface area contributed by atoms with E-state index in [4.69, 9.17) is 4.42 Å². The van der Waals surface area contributed by atoms with Crippen LogP contribution in [0.15, 0.2) is 65.5 Å². The van der Waals surface area contributed by atoms with Gasteiger partial charge in [0.1, 0.15) is 11.1 Å². The third kappa shape index (κ3) is 1.80. The van der Waals surface area contributed by atoms with E-state index in [1.807, 2.05) is 60.9 Å². The highest BCUT2D eigenvalue weighted by molar-refractivity contribution is 5.95. The Balaban J connectivity index is 1.72. The summed E-state index contributed by atoms with van der Waals surface area (Å²) in [6.07, 6.45) is 14.0. The van der Waals surface area contributed by atoms with Crippen molar-refractivity contribution in [1.82, 2.24) is 14.7 Å². The lowest BCUT2D eigenvalue weighted by atomic mass is 9.90. The van der Waals surface area contributed by atoms with E-state index in [0.29, 0.717) is 0 Å². The third-order valence-corrected chi connectivity index (χ3v) is 5.15. The van der Waals surface area contributed by atoms with Gasteiger partial charge in [-0.2, -0.15) is 0 Å². The molecule has 3 aliphatic heterocycles. The van der Waals surface area contributed by atoms with Crippen LogP contribution in [0, 0.1) is 0 Å². The summed E-state index contributed by atoms with van der Waals surface area (Å²) in [5, 5.41) is 1.10. The number of amides is 2. The number of likely N-dealkylation sites (N-methyl/N-ethyl adjacent to an activating group) is 1. The molecule has 0 saturated heterocycles. The van der Waals surface area contributed by atoms with Gasteiger partial charge in [0.15, 0.2) is 5.76 Å². The summed E-state index contributed by atoms with van der Waals surface area (Å²) in [6.45, 7) is 0. The molecule has 1 unspecified atom stereocenters. The van der Waals surface area contributed by atoms with E-state index in [0.717, 1.165) is 28.0 Å². The number of hydrogen-bond acceptors (Lipinski definition) is 3. The highest BCUT2D eigenvalue weighted by atomic mass is 16.3. The van der Waals surface area contributed by atoms with Gasteiger partial charge in [-0.25, -0.2) is 4.79 Å². The van der Waals surface area contributed by atoms with E-state index < -0.39 is 5.54 Å². The van der Waals surface area contributed by atoms with Crippen molar-refractivity contribution in [3.8, 4) is 0 Å². The van der Waals surface area contributed by atoms with Gasteiger partial charge in [-0.1, -0.05) is 18.2 Å². The van der Waals surface area contributed by atoms with Crippen molar-refractivity contribution in [2.75, 3.05) is 14.1 Å². The first-order valence-corrected chi connectivity index (χ1v) is 8.20. The molecule has 0 saturated carbocycles. The normalized spacial score (nSPS) is 24.2. The predicted molar refractivity (Wildman–Crippen MR) is 97.0 cm³/mol. The van der Waals surface area contributed by atoms with E-state index in [1.54, 1.807) is 16.8 Å². The first-order chi connectivity index (χ1) is 12.1. The van der Waals surface area contributed by atoms with Gasteiger partial charge in [-0.15, -0.1) is 0 Å². The van der Waals surface area contributed by atoms with Crippen LogP contribution in [-0.4, -0.2) is 40.4 Å². The van der Waals surface area contributed by atoms with Crippen molar-refractivity contribution < 1.29 is 9.21 Å². The molecule has 5 heteroatoms. The number of para-hydroxylation sites is 1. The average Bonchev–Trinajstić information content (AvgIpc) is 3.03. The minimum atomic E-state index is -0.586. The maximum atomic E-state index is 12.4. The molecule has 0 bridgehead atoms. The van der Waals surface area contributed by atoms with Crippen molar-refractivity contribution in [3.63, 3.8) is 0 Å². The summed E-state index contributed by atoms with van der Waals surface area (Å²) in [7, 11) is 3.58. The summed E-state index contributed by atoms with van der Waals surface area (Å²) in [6, 6.07) is 7.99. The van der Waals surface area contributed by atoms with Gasteiger partial charge < -0.3 is 19.1 Å². The van der Waals surface area contributed by atoms with Crippen LogP contribution in [-0.2, 0) is 0 Å². The molecule has 4 heterocycles. The van der Waals surface area contributed by atoms with Gasteiger partial charge in [0.05, 0.1) is 5.70 Å². The van der Waals surface area contributed by atoms with Crippen LogP contribution < -0.4 is 0 Å².